The van der Waals surface area contributed by atoms with Crippen molar-refractivity contribution in [2.45, 2.75) is 6.42 Å². The summed E-state index contributed by atoms with van der Waals surface area (Å²) in [5.74, 6) is 0.817. The average molecular weight is 235 g/mol. The summed E-state index contributed by atoms with van der Waals surface area (Å²) in [4.78, 5) is 13.7. The lowest BCUT2D eigenvalue weighted by molar-refractivity contribution is -0.115. The molecule has 1 aromatic carbocycles. The van der Waals surface area contributed by atoms with Crippen LogP contribution in [0.25, 0.3) is 0 Å². The quantitative estimate of drug-likeness (QED) is 0.813. The van der Waals surface area contributed by atoms with Gasteiger partial charge in [-0.25, -0.2) is 0 Å². The van der Waals surface area contributed by atoms with Crippen LogP contribution in [0.15, 0.2) is 18.2 Å². The normalized spacial score (nSPS) is 14.9. The molecular formula is C12H17N3O2. The zero-order valence-corrected chi connectivity index (χ0v) is 9.90. The van der Waals surface area contributed by atoms with E-state index in [9.17, 15) is 4.79 Å². The molecule has 0 bridgehead atoms. The monoisotopic (exact) mass is 235 g/mol. The van der Waals surface area contributed by atoms with Crippen molar-refractivity contribution in [1.82, 2.24) is 0 Å². The zero-order chi connectivity index (χ0) is 12.3. The second kappa shape index (κ2) is 5.05. The van der Waals surface area contributed by atoms with E-state index < -0.39 is 0 Å². The van der Waals surface area contributed by atoms with E-state index in [1.807, 2.05) is 18.2 Å². The summed E-state index contributed by atoms with van der Waals surface area (Å²) in [7, 11) is 1.63. The highest BCUT2D eigenvalue weighted by atomic mass is 16.5. The van der Waals surface area contributed by atoms with E-state index in [0.717, 1.165) is 23.7 Å². The molecule has 1 amide bonds. The first-order valence-corrected chi connectivity index (χ1v) is 5.67. The van der Waals surface area contributed by atoms with Crippen molar-refractivity contribution < 1.29 is 9.53 Å². The first-order valence-electron chi connectivity index (χ1n) is 5.67. The molecule has 0 saturated heterocycles. The molecule has 1 aliphatic rings. The fourth-order valence-electron chi connectivity index (χ4n) is 1.96. The van der Waals surface area contributed by atoms with Crippen LogP contribution in [-0.4, -0.2) is 32.7 Å². The molecular weight excluding hydrogens is 218 g/mol. The second-order valence-electron chi connectivity index (χ2n) is 3.96. The minimum atomic E-state index is 0.0379. The van der Waals surface area contributed by atoms with Gasteiger partial charge < -0.3 is 20.7 Å². The van der Waals surface area contributed by atoms with Gasteiger partial charge in [0.2, 0.25) is 5.91 Å². The highest BCUT2D eigenvalue weighted by Crippen LogP contribution is 2.32. The number of rotatable bonds is 3. The summed E-state index contributed by atoms with van der Waals surface area (Å²) in [5.41, 5.74) is 7.39. The lowest BCUT2D eigenvalue weighted by Gasteiger charge is -2.23. The Kier molecular flexibility index (Phi) is 3.49. The van der Waals surface area contributed by atoms with Crippen molar-refractivity contribution in [3.63, 3.8) is 0 Å². The Hall–Kier alpha value is -1.75. The van der Waals surface area contributed by atoms with E-state index in [1.54, 1.807) is 7.11 Å². The molecule has 1 aromatic rings. The van der Waals surface area contributed by atoms with Gasteiger partial charge in [0.05, 0.1) is 18.5 Å². The Labute approximate surface area is 101 Å². The number of amides is 1. The number of nitrogens with zero attached hydrogens (tertiary/aromatic N) is 1. The van der Waals surface area contributed by atoms with E-state index in [1.165, 1.54) is 0 Å². The topological polar surface area (TPSA) is 67.6 Å². The maximum absolute atomic E-state index is 11.5. The van der Waals surface area contributed by atoms with Gasteiger partial charge in [0, 0.05) is 32.1 Å². The van der Waals surface area contributed by atoms with Gasteiger partial charge in [-0.15, -0.1) is 0 Å². The van der Waals surface area contributed by atoms with Gasteiger partial charge in [0.25, 0.3) is 0 Å². The molecule has 2 rings (SSSR count). The molecule has 5 heteroatoms. The van der Waals surface area contributed by atoms with E-state index in [2.05, 4.69) is 10.2 Å². The molecule has 1 aliphatic heterocycles. The van der Waals surface area contributed by atoms with Gasteiger partial charge in [-0.3, -0.25) is 4.79 Å². The average Bonchev–Trinajstić information content (AvgIpc) is 2.49. The maximum atomic E-state index is 11.5. The van der Waals surface area contributed by atoms with Gasteiger partial charge in [-0.1, -0.05) is 0 Å². The largest absolute Gasteiger partial charge is 0.497 e. The molecule has 0 atom stereocenters. The molecule has 5 nitrogen and oxygen atoms in total. The summed E-state index contributed by atoms with van der Waals surface area (Å²) in [6.45, 7) is 1.98. The Morgan fingerprint density at radius 1 is 1.53 bits per heavy atom. The van der Waals surface area contributed by atoms with Crippen molar-refractivity contribution in [3.05, 3.63) is 18.2 Å². The number of carbonyl (C=O) groups excluding carboxylic acids is 1. The van der Waals surface area contributed by atoms with Crippen LogP contribution in [-0.2, 0) is 4.79 Å². The van der Waals surface area contributed by atoms with Crippen LogP contribution in [0.3, 0.4) is 0 Å². The third-order valence-electron chi connectivity index (χ3n) is 2.83. The summed E-state index contributed by atoms with van der Waals surface area (Å²) >= 11 is 0. The van der Waals surface area contributed by atoms with Crippen molar-refractivity contribution in [2.24, 2.45) is 5.73 Å². The smallest absolute Gasteiger partial charge is 0.226 e. The van der Waals surface area contributed by atoms with Crippen molar-refractivity contribution >= 4 is 17.3 Å². The number of benzene rings is 1. The maximum Gasteiger partial charge on any atom is 0.226 e. The van der Waals surface area contributed by atoms with Crippen LogP contribution in [0.1, 0.15) is 6.42 Å². The van der Waals surface area contributed by atoms with Crippen molar-refractivity contribution in [3.8, 4) is 5.75 Å². The molecule has 0 saturated carbocycles. The molecule has 1 heterocycles. The standard InChI is InChI=1S/C12H17N3O2/c1-17-9-2-3-10-11(8-9)15(7-5-13)6-4-12(16)14-10/h2-3,8H,4-7,13H2,1H3,(H,14,16). The Morgan fingerprint density at radius 3 is 3.06 bits per heavy atom. The predicted molar refractivity (Wildman–Crippen MR) is 67.5 cm³/mol. The first kappa shape index (κ1) is 11.7. The predicted octanol–water partition coefficient (Wildman–Crippen LogP) is 0.802. The van der Waals surface area contributed by atoms with Gasteiger partial charge in [-0.05, 0) is 12.1 Å². The molecule has 17 heavy (non-hydrogen) atoms. The minimum absolute atomic E-state index is 0.0379. The first-order chi connectivity index (χ1) is 8.24. The number of methoxy groups -OCH3 is 1. The highest BCUT2D eigenvalue weighted by molar-refractivity contribution is 5.96. The van der Waals surface area contributed by atoms with Crippen LogP contribution in [0.5, 0.6) is 5.75 Å². The van der Waals surface area contributed by atoms with Crippen LogP contribution in [0, 0.1) is 0 Å². The molecule has 0 unspecified atom stereocenters. The number of anilines is 2. The number of carbonyl (C=O) groups is 1. The van der Waals surface area contributed by atoms with Crippen LogP contribution in [0.4, 0.5) is 11.4 Å². The fourth-order valence-corrected chi connectivity index (χ4v) is 1.96. The van der Waals surface area contributed by atoms with Crippen molar-refractivity contribution in [1.29, 1.82) is 0 Å². The van der Waals surface area contributed by atoms with E-state index in [-0.39, 0.29) is 5.91 Å². The third-order valence-corrected chi connectivity index (χ3v) is 2.83. The number of nitrogens with one attached hydrogen (secondary N) is 1. The Balaban J connectivity index is 2.38. The fraction of sp³-hybridized carbons (Fsp3) is 0.417. The molecule has 0 aromatic heterocycles. The summed E-state index contributed by atoms with van der Waals surface area (Å²) < 4.78 is 5.20. The molecule has 0 spiro atoms. The lowest BCUT2D eigenvalue weighted by atomic mass is 10.2. The number of fused-ring (bicyclic) bond motifs is 1. The molecule has 0 fully saturated rings. The SMILES string of the molecule is COc1ccc2c(c1)N(CCN)CCC(=O)N2. The van der Waals surface area contributed by atoms with Gasteiger partial charge in [0.15, 0.2) is 0 Å². The highest BCUT2D eigenvalue weighted by Gasteiger charge is 2.18. The second-order valence-corrected chi connectivity index (χ2v) is 3.96. The summed E-state index contributed by atoms with van der Waals surface area (Å²) in [6.07, 6.45) is 0.483. The number of nitrogens with two attached hydrogens (primary N) is 1. The van der Waals surface area contributed by atoms with E-state index in [4.69, 9.17) is 10.5 Å². The van der Waals surface area contributed by atoms with Gasteiger partial charge >= 0.3 is 0 Å². The third kappa shape index (κ3) is 2.50. The number of hydrogen-bond donors (Lipinski definition) is 2. The Morgan fingerprint density at radius 2 is 2.35 bits per heavy atom. The van der Waals surface area contributed by atoms with Crippen molar-refractivity contribution in [2.75, 3.05) is 37.0 Å². The number of hydrogen-bond acceptors (Lipinski definition) is 4. The number of ether oxygens (including phenoxy) is 1. The molecule has 0 aliphatic carbocycles. The van der Waals surface area contributed by atoms with Crippen LogP contribution < -0.4 is 20.7 Å². The summed E-state index contributed by atoms with van der Waals surface area (Å²) in [6, 6.07) is 5.63. The zero-order valence-electron chi connectivity index (χ0n) is 9.90. The minimum Gasteiger partial charge on any atom is -0.497 e. The van der Waals surface area contributed by atoms with Crippen LogP contribution in [0.2, 0.25) is 0 Å². The molecule has 0 radical (unpaired) electrons. The van der Waals surface area contributed by atoms with Gasteiger partial charge in [-0.2, -0.15) is 0 Å². The molecule has 92 valence electrons. The van der Waals surface area contributed by atoms with Gasteiger partial charge in [0.1, 0.15) is 5.75 Å². The summed E-state index contributed by atoms with van der Waals surface area (Å²) in [5, 5.41) is 2.89. The lowest BCUT2D eigenvalue weighted by Crippen LogP contribution is -2.30. The van der Waals surface area contributed by atoms with E-state index in [0.29, 0.717) is 19.5 Å². The van der Waals surface area contributed by atoms with E-state index >= 15 is 0 Å². The molecule has 3 N–H and O–H groups in total. The Bertz CT molecular complexity index is 420. The van der Waals surface area contributed by atoms with Crippen LogP contribution >= 0.6 is 0 Å².